The number of nitrogens with one attached hydrogen (secondary N) is 2. The number of rotatable bonds is 10. The first kappa shape index (κ1) is 28.3. The first-order chi connectivity index (χ1) is 15.0. The lowest BCUT2D eigenvalue weighted by atomic mass is 10.1. The molecular weight excluding hydrogens is 448 g/mol. The number of carbonyl (C=O) groups excluding carboxylic acids is 3. The van der Waals surface area contributed by atoms with Crippen LogP contribution < -0.4 is 10.0 Å². The molecule has 0 aliphatic heterocycles. The molecule has 1 amide bonds. The Labute approximate surface area is 196 Å². The maximum Gasteiger partial charge on any atom is 0.329 e. The van der Waals surface area contributed by atoms with Crippen molar-refractivity contribution in [2.24, 2.45) is 0 Å². The van der Waals surface area contributed by atoms with Crippen molar-refractivity contribution in [2.75, 3.05) is 0 Å². The molecule has 0 radical (unpaired) electrons. The number of ether oxygens (including phenoxy) is 2. The van der Waals surface area contributed by atoms with Crippen LogP contribution in [0.3, 0.4) is 0 Å². The predicted molar refractivity (Wildman–Crippen MR) is 125 cm³/mol. The van der Waals surface area contributed by atoms with Crippen molar-refractivity contribution < 1.29 is 32.3 Å². The van der Waals surface area contributed by atoms with Gasteiger partial charge in [0.1, 0.15) is 17.2 Å². The van der Waals surface area contributed by atoms with Crippen LogP contribution in [0.1, 0.15) is 70.3 Å². The van der Waals surface area contributed by atoms with Crippen LogP contribution in [0.25, 0.3) is 0 Å². The number of sulfonamides is 1. The van der Waals surface area contributed by atoms with E-state index in [4.69, 9.17) is 9.47 Å². The van der Waals surface area contributed by atoms with Gasteiger partial charge in [-0.2, -0.15) is 0 Å². The van der Waals surface area contributed by atoms with Crippen molar-refractivity contribution >= 4 is 27.9 Å². The normalized spacial score (nSPS) is 13.0. The van der Waals surface area contributed by atoms with Crippen LogP contribution in [-0.2, 0) is 35.6 Å². The molecule has 0 fully saturated rings. The smallest absolute Gasteiger partial charge is 0.329 e. The molecule has 184 valence electrons. The Balaban J connectivity index is 2.88. The quantitative estimate of drug-likeness (QED) is 0.491. The summed E-state index contributed by atoms with van der Waals surface area (Å²) >= 11 is 0. The molecule has 0 heterocycles. The minimum atomic E-state index is -3.56. The molecule has 1 rings (SSSR count). The third-order valence-corrected chi connectivity index (χ3v) is 4.95. The number of hydrogen-bond donors (Lipinski definition) is 2. The maximum absolute atomic E-state index is 12.7. The number of esters is 2. The second kappa shape index (κ2) is 11.4. The third kappa shape index (κ3) is 11.6. The molecule has 0 saturated carbocycles. The zero-order valence-electron chi connectivity index (χ0n) is 20.1. The molecule has 1 atom stereocenters. The van der Waals surface area contributed by atoms with Gasteiger partial charge in [-0.3, -0.25) is 9.59 Å². The second-order valence-electron chi connectivity index (χ2n) is 9.41. The molecule has 10 heteroatoms. The van der Waals surface area contributed by atoms with Crippen molar-refractivity contribution in [3.05, 3.63) is 47.4 Å². The fourth-order valence-electron chi connectivity index (χ4n) is 2.53. The van der Waals surface area contributed by atoms with Crippen LogP contribution in [0.15, 0.2) is 36.3 Å². The summed E-state index contributed by atoms with van der Waals surface area (Å²) in [4.78, 5) is 37.4. The van der Waals surface area contributed by atoms with E-state index in [9.17, 15) is 22.8 Å². The first-order valence-corrected chi connectivity index (χ1v) is 12.0. The van der Waals surface area contributed by atoms with E-state index in [-0.39, 0.29) is 24.9 Å². The van der Waals surface area contributed by atoms with Gasteiger partial charge in [-0.15, -0.1) is 0 Å². The Bertz CT molecular complexity index is 956. The van der Waals surface area contributed by atoms with Crippen LogP contribution in [0.4, 0.5) is 0 Å². The van der Waals surface area contributed by atoms with Crippen LogP contribution in [0.5, 0.6) is 0 Å². The standard InChI is InChI=1S/C23H34N2O7S/c1-8-33(29,30)24-15-16-9-11-17(12-10-16)20(27)25-18(21(28)32-23(5,6)7)13-14-19(26)31-22(2,3)4/h8-12,18,24H,1,13-15H2,2-7H3,(H,25,27)/t18-/m0/s1. The number of hydrogen-bond acceptors (Lipinski definition) is 7. The van der Waals surface area contributed by atoms with Crippen LogP contribution in [-0.4, -0.2) is 43.5 Å². The van der Waals surface area contributed by atoms with E-state index in [2.05, 4.69) is 16.6 Å². The first-order valence-electron chi connectivity index (χ1n) is 10.5. The number of benzene rings is 1. The summed E-state index contributed by atoms with van der Waals surface area (Å²) in [6.07, 6.45) is -0.0686. The lowest BCUT2D eigenvalue weighted by Gasteiger charge is -2.25. The van der Waals surface area contributed by atoms with Gasteiger partial charge in [0, 0.05) is 23.9 Å². The molecule has 0 aromatic heterocycles. The average molecular weight is 483 g/mol. The number of amides is 1. The Morgan fingerprint density at radius 3 is 2.03 bits per heavy atom. The van der Waals surface area contributed by atoms with Gasteiger partial charge >= 0.3 is 11.9 Å². The van der Waals surface area contributed by atoms with E-state index in [1.54, 1.807) is 53.7 Å². The zero-order valence-corrected chi connectivity index (χ0v) is 20.9. The Hall–Kier alpha value is -2.72. The van der Waals surface area contributed by atoms with Gasteiger partial charge < -0.3 is 14.8 Å². The van der Waals surface area contributed by atoms with Gasteiger partial charge in [-0.25, -0.2) is 17.9 Å². The largest absolute Gasteiger partial charge is 0.460 e. The summed E-state index contributed by atoms with van der Waals surface area (Å²) in [6.45, 7) is 13.6. The van der Waals surface area contributed by atoms with Gasteiger partial charge in [0.15, 0.2) is 0 Å². The second-order valence-corrected chi connectivity index (χ2v) is 11.1. The predicted octanol–water partition coefficient (Wildman–Crippen LogP) is 2.81. The minimum absolute atomic E-state index is 0.0109. The highest BCUT2D eigenvalue weighted by Crippen LogP contribution is 2.14. The van der Waals surface area contributed by atoms with Gasteiger partial charge in [-0.1, -0.05) is 18.7 Å². The summed E-state index contributed by atoms with van der Waals surface area (Å²) in [5, 5.41) is 3.42. The lowest BCUT2D eigenvalue weighted by Crippen LogP contribution is -2.44. The van der Waals surface area contributed by atoms with Gasteiger partial charge in [0.05, 0.1) is 0 Å². The van der Waals surface area contributed by atoms with E-state index in [0.717, 1.165) is 5.41 Å². The topological polar surface area (TPSA) is 128 Å². The van der Waals surface area contributed by atoms with Crippen molar-refractivity contribution in [2.45, 2.75) is 78.2 Å². The lowest BCUT2D eigenvalue weighted by molar-refractivity contribution is -0.158. The molecule has 1 aromatic rings. The van der Waals surface area contributed by atoms with Gasteiger partial charge in [0.2, 0.25) is 10.0 Å². The maximum atomic E-state index is 12.7. The molecule has 1 aromatic carbocycles. The zero-order chi connectivity index (χ0) is 25.4. The number of carbonyl (C=O) groups is 3. The van der Waals surface area contributed by atoms with Crippen LogP contribution in [0.2, 0.25) is 0 Å². The summed E-state index contributed by atoms with van der Waals surface area (Å²) < 4.78 is 35.9. The molecule has 0 aliphatic carbocycles. The Morgan fingerprint density at radius 1 is 1.00 bits per heavy atom. The minimum Gasteiger partial charge on any atom is -0.460 e. The van der Waals surface area contributed by atoms with Crippen molar-refractivity contribution in [1.82, 2.24) is 10.0 Å². The molecule has 2 N–H and O–H groups in total. The van der Waals surface area contributed by atoms with Crippen LogP contribution >= 0.6 is 0 Å². The monoisotopic (exact) mass is 482 g/mol. The summed E-state index contributed by atoms with van der Waals surface area (Å²) in [5.74, 6) is -1.68. The fourth-order valence-corrected chi connectivity index (χ4v) is 3.02. The highest BCUT2D eigenvalue weighted by Gasteiger charge is 2.28. The summed E-state index contributed by atoms with van der Waals surface area (Å²) in [6, 6.07) is 5.14. The van der Waals surface area contributed by atoms with E-state index < -0.39 is 45.1 Å². The van der Waals surface area contributed by atoms with E-state index in [1.807, 2.05) is 0 Å². The molecule has 0 saturated heterocycles. The van der Waals surface area contributed by atoms with Crippen molar-refractivity contribution in [3.63, 3.8) is 0 Å². The highest BCUT2D eigenvalue weighted by molar-refractivity contribution is 7.92. The molecule has 0 spiro atoms. The molecule has 0 unspecified atom stereocenters. The molecule has 0 aliphatic rings. The van der Waals surface area contributed by atoms with E-state index in [0.29, 0.717) is 5.56 Å². The highest BCUT2D eigenvalue weighted by atomic mass is 32.2. The molecule has 9 nitrogen and oxygen atoms in total. The SMILES string of the molecule is C=CS(=O)(=O)NCc1ccc(C(=O)N[C@@H](CCC(=O)OC(C)(C)C)C(=O)OC(C)(C)C)cc1. The van der Waals surface area contributed by atoms with Crippen LogP contribution in [0, 0.1) is 0 Å². The summed E-state index contributed by atoms with van der Waals surface area (Å²) in [7, 11) is -3.56. The molecular formula is C23H34N2O7S. The van der Waals surface area contributed by atoms with Crippen molar-refractivity contribution in [1.29, 1.82) is 0 Å². The fraction of sp³-hybridized carbons (Fsp3) is 0.522. The molecule has 0 bridgehead atoms. The summed E-state index contributed by atoms with van der Waals surface area (Å²) in [5.41, 5.74) is -0.544. The Kier molecular flexibility index (Phi) is 9.80. The van der Waals surface area contributed by atoms with Gasteiger partial charge in [0.25, 0.3) is 5.91 Å². The third-order valence-electron chi connectivity index (χ3n) is 3.97. The molecule has 33 heavy (non-hydrogen) atoms. The Morgan fingerprint density at radius 2 is 1.55 bits per heavy atom. The average Bonchev–Trinajstić information content (AvgIpc) is 2.67. The van der Waals surface area contributed by atoms with E-state index in [1.165, 1.54) is 12.1 Å². The van der Waals surface area contributed by atoms with E-state index >= 15 is 0 Å². The van der Waals surface area contributed by atoms with Crippen molar-refractivity contribution in [3.8, 4) is 0 Å². The van der Waals surface area contributed by atoms with Gasteiger partial charge in [-0.05, 0) is 65.7 Å².